The van der Waals surface area contributed by atoms with E-state index in [-0.39, 0.29) is 30.0 Å². The summed E-state index contributed by atoms with van der Waals surface area (Å²) >= 11 is 0. The van der Waals surface area contributed by atoms with Crippen molar-refractivity contribution in [2.75, 3.05) is 29.4 Å². The van der Waals surface area contributed by atoms with Gasteiger partial charge in [-0.2, -0.15) is 0 Å². The Balaban J connectivity index is 1.33. The SMILES string of the molecule is NC(=O)[C@@H]1CCCN1C(=O)c1ccc(N2CCC(N3C(=O)OCc4ccccc43)CC2)c([NH+]([O-])[O-])c1. The molecule has 190 valence electrons. The van der Waals surface area contributed by atoms with Gasteiger partial charge in [-0.3, -0.25) is 14.5 Å². The molecule has 5 rings (SSSR count). The Labute approximate surface area is 208 Å². The van der Waals surface area contributed by atoms with Gasteiger partial charge in [0.15, 0.2) is 5.69 Å². The smallest absolute Gasteiger partial charge is 0.414 e. The highest BCUT2D eigenvalue weighted by Crippen LogP contribution is 2.34. The van der Waals surface area contributed by atoms with Crippen molar-refractivity contribution in [3.63, 3.8) is 0 Å². The highest BCUT2D eigenvalue weighted by Gasteiger charge is 2.36. The third-order valence-electron chi connectivity index (χ3n) is 7.27. The standard InChI is InChI=1S/C25H28N5O6/c26-23(31)21-6-3-11-28(21)24(32)16-7-8-20(22(14-16)30(34)35)27-12-9-18(10-13-27)29-19-5-2-1-4-17(19)15-36-25(29)33/h1-2,4-5,7-8,14,18,21,30H,3,6,9-13,15H2,(H2,26,31)/q-1/t21-/m0/s1. The minimum Gasteiger partial charge on any atom is -0.628 e. The van der Waals surface area contributed by atoms with Crippen molar-refractivity contribution in [1.29, 1.82) is 0 Å². The number of quaternary nitrogens is 1. The summed E-state index contributed by atoms with van der Waals surface area (Å²) in [4.78, 5) is 42.3. The molecule has 2 saturated heterocycles. The van der Waals surface area contributed by atoms with Crippen LogP contribution in [0.3, 0.4) is 0 Å². The molecule has 3 aliphatic heterocycles. The topological polar surface area (TPSA) is 147 Å². The van der Waals surface area contributed by atoms with Crippen LogP contribution in [0.2, 0.25) is 0 Å². The van der Waals surface area contributed by atoms with Crippen LogP contribution in [0, 0.1) is 10.4 Å². The Morgan fingerprint density at radius 3 is 2.47 bits per heavy atom. The number of carbonyl (C=O) groups is 3. The maximum Gasteiger partial charge on any atom is 0.414 e. The van der Waals surface area contributed by atoms with Gasteiger partial charge in [0.25, 0.3) is 5.91 Å². The molecule has 3 heterocycles. The number of piperidine rings is 1. The fourth-order valence-corrected chi connectivity index (χ4v) is 5.47. The number of likely N-dealkylation sites (tertiary alicyclic amines) is 1. The molecule has 2 fully saturated rings. The lowest BCUT2D eigenvalue weighted by molar-refractivity contribution is -0.714. The highest BCUT2D eigenvalue weighted by atomic mass is 16.8. The summed E-state index contributed by atoms with van der Waals surface area (Å²) in [5, 5.41) is 22.7. The molecule has 0 aliphatic carbocycles. The average Bonchev–Trinajstić information content (AvgIpc) is 3.38. The number of cyclic esters (lactones) is 1. The summed E-state index contributed by atoms with van der Waals surface area (Å²) in [5.41, 5.74) is 7.78. The van der Waals surface area contributed by atoms with E-state index in [1.54, 1.807) is 17.0 Å². The maximum atomic E-state index is 13.0. The van der Waals surface area contributed by atoms with Gasteiger partial charge in [0.05, 0.1) is 11.4 Å². The monoisotopic (exact) mass is 494 g/mol. The number of benzene rings is 2. The van der Waals surface area contributed by atoms with Crippen LogP contribution < -0.4 is 20.8 Å². The number of para-hydroxylation sites is 1. The number of ether oxygens (including phenoxy) is 1. The number of hydrogen-bond acceptors (Lipinski definition) is 7. The second-order valence-corrected chi connectivity index (χ2v) is 9.35. The van der Waals surface area contributed by atoms with Crippen LogP contribution in [0.25, 0.3) is 0 Å². The zero-order valence-corrected chi connectivity index (χ0v) is 19.7. The molecule has 0 bridgehead atoms. The van der Waals surface area contributed by atoms with Gasteiger partial charge in [-0.25, -0.2) is 4.79 Å². The van der Waals surface area contributed by atoms with Crippen molar-refractivity contribution in [3.05, 3.63) is 64.0 Å². The molecular weight excluding hydrogens is 466 g/mol. The lowest BCUT2D eigenvalue weighted by atomic mass is 9.99. The maximum absolute atomic E-state index is 13.0. The number of primary amides is 1. The second-order valence-electron chi connectivity index (χ2n) is 9.35. The van der Waals surface area contributed by atoms with E-state index in [9.17, 15) is 24.8 Å². The molecule has 0 saturated carbocycles. The lowest BCUT2D eigenvalue weighted by Gasteiger charge is -2.41. The van der Waals surface area contributed by atoms with Crippen LogP contribution in [0.1, 0.15) is 41.6 Å². The molecule has 2 aromatic carbocycles. The van der Waals surface area contributed by atoms with E-state index in [1.807, 2.05) is 29.2 Å². The van der Waals surface area contributed by atoms with Gasteiger partial charge < -0.3 is 35.9 Å². The summed E-state index contributed by atoms with van der Waals surface area (Å²) in [6.45, 7) is 1.67. The van der Waals surface area contributed by atoms with Crippen molar-refractivity contribution in [2.24, 2.45) is 5.73 Å². The molecule has 0 unspecified atom stereocenters. The third kappa shape index (κ3) is 4.36. The van der Waals surface area contributed by atoms with Crippen molar-refractivity contribution < 1.29 is 24.3 Å². The van der Waals surface area contributed by atoms with Gasteiger partial charge in [-0.15, -0.1) is 0 Å². The molecule has 2 aromatic rings. The van der Waals surface area contributed by atoms with Gasteiger partial charge >= 0.3 is 6.09 Å². The first-order valence-electron chi connectivity index (χ1n) is 12.1. The zero-order chi connectivity index (χ0) is 25.4. The predicted molar refractivity (Wildman–Crippen MR) is 131 cm³/mol. The van der Waals surface area contributed by atoms with Gasteiger partial charge in [0, 0.05) is 42.9 Å². The molecule has 0 radical (unpaired) electrons. The Hall–Kier alpha value is -3.67. The van der Waals surface area contributed by atoms with Gasteiger partial charge in [-0.1, -0.05) is 18.2 Å². The first kappa shape index (κ1) is 24.0. The van der Waals surface area contributed by atoms with E-state index in [0.29, 0.717) is 51.0 Å². The van der Waals surface area contributed by atoms with Crippen LogP contribution in [-0.4, -0.2) is 54.5 Å². The molecular formula is C25H28N5O6-. The van der Waals surface area contributed by atoms with Crippen LogP contribution in [0.15, 0.2) is 42.5 Å². The van der Waals surface area contributed by atoms with Gasteiger partial charge in [0.2, 0.25) is 5.91 Å². The van der Waals surface area contributed by atoms with Crippen molar-refractivity contribution in [1.82, 2.24) is 4.90 Å². The first-order chi connectivity index (χ1) is 17.3. The molecule has 11 nitrogen and oxygen atoms in total. The number of hydrogen-bond donors (Lipinski definition) is 2. The van der Waals surface area contributed by atoms with E-state index >= 15 is 0 Å². The Bertz CT molecular complexity index is 1180. The van der Waals surface area contributed by atoms with Crippen LogP contribution in [0.4, 0.5) is 21.9 Å². The summed E-state index contributed by atoms with van der Waals surface area (Å²) in [7, 11) is 0. The van der Waals surface area contributed by atoms with E-state index in [4.69, 9.17) is 10.5 Å². The molecule has 3 amide bonds. The number of nitrogens with one attached hydrogen (secondary N) is 1. The van der Waals surface area contributed by atoms with Gasteiger partial charge in [-0.05, 0) is 43.9 Å². The Morgan fingerprint density at radius 1 is 1.00 bits per heavy atom. The number of amides is 3. The predicted octanol–water partition coefficient (Wildman–Crippen LogP) is 1.41. The summed E-state index contributed by atoms with van der Waals surface area (Å²) in [6, 6.07) is 11.4. The summed E-state index contributed by atoms with van der Waals surface area (Å²) in [5.74, 6) is -0.994. The Kier molecular flexibility index (Phi) is 6.52. The largest absolute Gasteiger partial charge is 0.628 e. The first-order valence-corrected chi connectivity index (χ1v) is 12.1. The molecule has 11 heteroatoms. The fourth-order valence-electron chi connectivity index (χ4n) is 5.47. The number of carbonyl (C=O) groups excluding carboxylic acids is 3. The van der Waals surface area contributed by atoms with Crippen LogP contribution >= 0.6 is 0 Å². The Morgan fingerprint density at radius 2 is 1.75 bits per heavy atom. The number of anilines is 2. The van der Waals surface area contributed by atoms with Crippen LogP contribution in [0.5, 0.6) is 0 Å². The summed E-state index contributed by atoms with van der Waals surface area (Å²) in [6.07, 6.45) is 2.02. The zero-order valence-electron chi connectivity index (χ0n) is 19.7. The molecule has 3 N–H and O–H groups in total. The molecule has 3 aliphatic rings. The van der Waals surface area contributed by atoms with Crippen molar-refractivity contribution >= 4 is 35.0 Å². The van der Waals surface area contributed by atoms with E-state index in [2.05, 4.69) is 0 Å². The van der Waals surface area contributed by atoms with Crippen molar-refractivity contribution in [2.45, 2.75) is 44.4 Å². The number of nitrogens with two attached hydrogens (primary N) is 1. The summed E-state index contributed by atoms with van der Waals surface area (Å²) < 4.78 is 5.35. The van der Waals surface area contributed by atoms with Crippen LogP contribution in [-0.2, 0) is 16.1 Å². The van der Waals surface area contributed by atoms with E-state index in [0.717, 1.165) is 11.3 Å². The third-order valence-corrected chi connectivity index (χ3v) is 7.27. The molecule has 1 atom stereocenters. The van der Waals surface area contributed by atoms with E-state index < -0.39 is 23.1 Å². The number of rotatable bonds is 5. The number of nitrogens with zero attached hydrogens (tertiary/aromatic N) is 3. The minimum absolute atomic E-state index is 0.0802. The quantitative estimate of drug-likeness (QED) is 0.598. The minimum atomic E-state index is -1.39. The van der Waals surface area contributed by atoms with E-state index in [1.165, 1.54) is 11.0 Å². The lowest BCUT2D eigenvalue weighted by Crippen LogP contribution is -2.96. The molecule has 0 spiro atoms. The van der Waals surface area contributed by atoms with Gasteiger partial charge in [0.1, 0.15) is 12.6 Å². The molecule has 0 aromatic heterocycles. The number of fused-ring (bicyclic) bond motifs is 1. The van der Waals surface area contributed by atoms with Crippen molar-refractivity contribution in [3.8, 4) is 0 Å². The normalized spacial score (nSPS) is 20.5. The fraction of sp³-hybridized carbons (Fsp3) is 0.400. The molecule has 36 heavy (non-hydrogen) atoms. The average molecular weight is 495 g/mol. The highest BCUT2D eigenvalue weighted by molar-refractivity contribution is 5.99. The second kappa shape index (κ2) is 9.76.